The number of rotatable bonds is 3. The second kappa shape index (κ2) is 6.75. The summed E-state index contributed by atoms with van der Waals surface area (Å²) in [6, 6.07) is 5.50. The van der Waals surface area contributed by atoms with Crippen molar-refractivity contribution in [2.45, 2.75) is 19.9 Å². The first-order valence-electron chi connectivity index (χ1n) is 7.75. The molecule has 0 radical (unpaired) electrons. The van der Waals surface area contributed by atoms with Crippen molar-refractivity contribution in [1.82, 2.24) is 4.90 Å². The Morgan fingerprint density at radius 1 is 1.46 bits per heavy atom. The van der Waals surface area contributed by atoms with Gasteiger partial charge >= 0.3 is 5.97 Å². The number of thiophene rings is 1. The summed E-state index contributed by atoms with van der Waals surface area (Å²) in [7, 11) is 3.45. The van der Waals surface area contributed by atoms with E-state index in [1.54, 1.807) is 12.3 Å². The number of hydrogen-bond donors (Lipinski definition) is 1. The third-order valence-electron chi connectivity index (χ3n) is 4.21. The van der Waals surface area contributed by atoms with Gasteiger partial charge in [0.25, 0.3) is 0 Å². The highest BCUT2D eigenvalue weighted by atomic mass is 32.1. The van der Waals surface area contributed by atoms with Crippen LogP contribution in [0, 0.1) is 6.92 Å². The molecule has 0 amide bonds. The van der Waals surface area contributed by atoms with Gasteiger partial charge in [-0.2, -0.15) is 0 Å². The van der Waals surface area contributed by atoms with Crippen LogP contribution in [0.25, 0.3) is 0 Å². The molecule has 24 heavy (non-hydrogen) atoms. The smallest absolute Gasteiger partial charge is 0.341 e. The van der Waals surface area contributed by atoms with E-state index in [0.717, 1.165) is 35.5 Å². The molecule has 0 saturated heterocycles. The quantitative estimate of drug-likeness (QED) is 0.685. The molecule has 3 rings (SSSR count). The van der Waals surface area contributed by atoms with Gasteiger partial charge in [-0.3, -0.25) is 0 Å². The first-order valence-corrected chi connectivity index (χ1v) is 8.57. The number of aliphatic imine (C=N–C) groups is 1. The van der Waals surface area contributed by atoms with Gasteiger partial charge in [-0.05, 0) is 37.6 Å². The highest BCUT2D eigenvalue weighted by molar-refractivity contribution is 7.16. The first kappa shape index (κ1) is 16.7. The lowest BCUT2D eigenvalue weighted by atomic mass is 10.0. The molecule has 0 aliphatic carbocycles. The normalized spacial score (nSPS) is 14.8. The molecule has 5 nitrogen and oxygen atoms in total. The Labute approximate surface area is 145 Å². The molecular formula is C18H20N2O3S. The molecule has 126 valence electrons. The number of esters is 1. The van der Waals surface area contributed by atoms with Gasteiger partial charge in [0.05, 0.1) is 12.7 Å². The molecule has 0 unspecified atom stereocenters. The highest BCUT2D eigenvalue weighted by Gasteiger charge is 2.27. The lowest BCUT2D eigenvalue weighted by Crippen LogP contribution is -2.26. The maximum absolute atomic E-state index is 12.2. The van der Waals surface area contributed by atoms with Crippen LogP contribution in [-0.4, -0.2) is 42.9 Å². The second-order valence-corrected chi connectivity index (χ2v) is 7.02. The number of phenolic OH excluding ortho intramolecular Hbond substituents is 1. The van der Waals surface area contributed by atoms with Crippen molar-refractivity contribution in [1.29, 1.82) is 0 Å². The molecule has 1 aromatic carbocycles. The number of carbonyl (C=O) groups excluding carboxylic acids is 1. The fourth-order valence-corrected chi connectivity index (χ4v) is 4.09. The van der Waals surface area contributed by atoms with Gasteiger partial charge in [-0.25, -0.2) is 9.79 Å². The lowest BCUT2D eigenvalue weighted by Gasteiger charge is -2.22. The number of para-hydroxylation sites is 1. The zero-order chi connectivity index (χ0) is 17.3. The minimum absolute atomic E-state index is 0.210. The number of aryl methyl sites for hydroxylation is 1. The third-order valence-corrected chi connectivity index (χ3v) is 5.33. The van der Waals surface area contributed by atoms with E-state index >= 15 is 0 Å². The van der Waals surface area contributed by atoms with Crippen LogP contribution < -0.4 is 0 Å². The number of likely N-dealkylation sites (N-methyl/N-ethyl adjacent to an activating group) is 1. The van der Waals surface area contributed by atoms with E-state index < -0.39 is 0 Å². The largest absolute Gasteiger partial charge is 0.507 e. The molecule has 1 aromatic heterocycles. The van der Waals surface area contributed by atoms with E-state index in [4.69, 9.17) is 4.74 Å². The molecule has 2 aromatic rings. The van der Waals surface area contributed by atoms with E-state index in [-0.39, 0.29) is 11.7 Å². The number of fused-ring (bicyclic) bond motifs is 1. The Morgan fingerprint density at radius 3 is 3.00 bits per heavy atom. The second-order valence-electron chi connectivity index (χ2n) is 5.93. The van der Waals surface area contributed by atoms with E-state index in [1.165, 1.54) is 18.4 Å². The minimum atomic E-state index is -0.349. The number of benzene rings is 1. The molecule has 6 heteroatoms. The lowest BCUT2D eigenvalue weighted by molar-refractivity contribution is 0.0600. The number of phenols is 1. The summed E-state index contributed by atoms with van der Waals surface area (Å²) in [6.45, 7) is 3.57. The summed E-state index contributed by atoms with van der Waals surface area (Å²) in [4.78, 5) is 20.1. The molecule has 0 bridgehead atoms. The Kier molecular flexibility index (Phi) is 4.69. The molecule has 1 aliphatic rings. The van der Waals surface area contributed by atoms with Gasteiger partial charge in [0, 0.05) is 29.7 Å². The van der Waals surface area contributed by atoms with Crippen molar-refractivity contribution in [3.8, 4) is 5.75 Å². The van der Waals surface area contributed by atoms with Crippen LogP contribution in [0.4, 0.5) is 5.00 Å². The van der Waals surface area contributed by atoms with Crippen LogP contribution in [0.5, 0.6) is 5.75 Å². The molecule has 0 spiro atoms. The first-order chi connectivity index (χ1) is 11.5. The van der Waals surface area contributed by atoms with Crippen LogP contribution in [0.3, 0.4) is 0 Å². The Hall–Kier alpha value is -2.18. The summed E-state index contributed by atoms with van der Waals surface area (Å²) >= 11 is 1.52. The van der Waals surface area contributed by atoms with E-state index in [1.807, 2.05) is 19.1 Å². The standard InChI is InChI=1S/C18H20N2O3S/c1-11-5-4-6-12(16(11)21)9-19-17-15(18(22)23-3)13-7-8-20(2)10-14(13)24-17/h4-6,9,21H,7-8,10H2,1-3H3/b19-9+. The van der Waals surface area contributed by atoms with Crippen LogP contribution in [0.15, 0.2) is 23.2 Å². The third kappa shape index (κ3) is 3.07. The summed E-state index contributed by atoms with van der Waals surface area (Å²) in [6.07, 6.45) is 2.42. The number of nitrogens with zero attached hydrogens (tertiary/aromatic N) is 2. The number of aromatic hydroxyl groups is 1. The van der Waals surface area contributed by atoms with Gasteiger partial charge < -0.3 is 14.7 Å². The summed E-state index contributed by atoms with van der Waals surface area (Å²) in [5.41, 5.74) is 3.04. The van der Waals surface area contributed by atoms with Gasteiger partial charge in [0.1, 0.15) is 10.8 Å². The highest BCUT2D eigenvalue weighted by Crippen LogP contribution is 2.39. The zero-order valence-electron chi connectivity index (χ0n) is 14.0. The van der Waals surface area contributed by atoms with E-state index in [0.29, 0.717) is 16.1 Å². The average Bonchev–Trinajstić information content (AvgIpc) is 2.92. The van der Waals surface area contributed by atoms with Crippen molar-refractivity contribution < 1.29 is 14.6 Å². The average molecular weight is 344 g/mol. The van der Waals surface area contributed by atoms with Gasteiger partial charge in [0.2, 0.25) is 0 Å². The molecule has 1 N–H and O–H groups in total. The summed E-state index contributed by atoms with van der Waals surface area (Å²) in [5, 5.41) is 10.8. The van der Waals surface area contributed by atoms with Gasteiger partial charge in [0.15, 0.2) is 0 Å². The topological polar surface area (TPSA) is 62.1 Å². The Bertz CT molecular complexity index is 811. The van der Waals surface area contributed by atoms with Crippen molar-refractivity contribution in [2.24, 2.45) is 4.99 Å². The van der Waals surface area contributed by atoms with Crippen molar-refractivity contribution in [2.75, 3.05) is 20.7 Å². The fraction of sp³-hybridized carbons (Fsp3) is 0.333. The number of carbonyl (C=O) groups is 1. The van der Waals surface area contributed by atoms with Crippen LogP contribution in [0.1, 0.15) is 31.9 Å². The monoisotopic (exact) mass is 344 g/mol. The van der Waals surface area contributed by atoms with Gasteiger partial charge in [-0.15, -0.1) is 11.3 Å². The van der Waals surface area contributed by atoms with Crippen molar-refractivity contribution >= 4 is 28.5 Å². The molecular weight excluding hydrogens is 324 g/mol. The van der Waals surface area contributed by atoms with Crippen LogP contribution >= 0.6 is 11.3 Å². The minimum Gasteiger partial charge on any atom is -0.507 e. The maximum atomic E-state index is 12.2. The number of methoxy groups -OCH3 is 1. The van der Waals surface area contributed by atoms with Crippen molar-refractivity contribution in [3.05, 3.63) is 45.3 Å². The zero-order valence-corrected chi connectivity index (χ0v) is 14.8. The molecule has 0 atom stereocenters. The molecule has 0 fully saturated rings. The predicted octanol–water partition coefficient (Wildman–Crippen LogP) is 3.29. The fourth-order valence-electron chi connectivity index (χ4n) is 2.83. The van der Waals surface area contributed by atoms with Gasteiger partial charge in [-0.1, -0.05) is 12.1 Å². The summed E-state index contributed by atoms with van der Waals surface area (Å²) in [5.74, 6) is -0.139. The van der Waals surface area contributed by atoms with E-state index in [9.17, 15) is 9.90 Å². The van der Waals surface area contributed by atoms with E-state index in [2.05, 4.69) is 16.9 Å². The SMILES string of the molecule is COC(=O)c1c(/N=C/c2cccc(C)c2O)sc2c1CCN(C)C2. The molecule has 2 heterocycles. The van der Waals surface area contributed by atoms with Crippen LogP contribution in [0.2, 0.25) is 0 Å². The summed E-state index contributed by atoms with van der Waals surface area (Å²) < 4.78 is 4.95. The number of ether oxygens (including phenoxy) is 1. The predicted molar refractivity (Wildman–Crippen MR) is 95.8 cm³/mol. The Balaban J connectivity index is 2.02. The Morgan fingerprint density at radius 2 is 2.25 bits per heavy atom. The maximum Gasteiger partial charge on any atom is 0.341 e. The molecule has 0 saturated carbocycles. The van der Waals surface area contributed by atoms with Crippen molar-refractivity contribution in [3.63, 3.8) is 0 Å². The molecule has 1 aliphatic heterocycles. The number of hydrogen-bond acceptors (Lipinski definition) is 6. The van der Waals surface area contributed by atoms with Crippen LogP contribution in [-0.2, 0) is 17.7 Å².